The summed E-state index contributed by atoms with van der Waals surface area (Å²) in [7, 11) is 0. The molecule has 0 radical (unpaired) electrons. The molecule has 1 saturated heterocycles. The number of unbranched alkanes of at least 4 members (excludes halogenated alkanes) is 22. The molecular formula is C42H79NO8. The topological polar surface area (TPSA) is 149 Å². The summed E-state index contributed by atoms with van der Waals surface area (Å²) in [4.78, 5) is 12.9. The Morgan fingerprint density at radius 1 is 0.647 bits per heavy atom. The number of aliphatic hydroxyl groups excluding tert-OH is 5. The molecule has 51 heavy (non-hydrogen) atoms. The SMILES string of the molecule is CCCCCCCC/C=C\CCCCCCCCCC(=O)NC(COC1OC(CO)C(O)C(O)C1O)C(O)/C=C/CCCCCCCCCCC. The Bertz CT molecular complexity index is 853. The molecule has 0 bridgehead atoms. The van der Waals surface area contributed by atoms with E-state index in [0.29, 0.717) is 6.42 Å². The molecule has 0 spiro atoms. The molecule has 1 rings (SSSR count). The van der Waals surface area contributed by atoms with Crippen molar-refractivity contribution in [3.05, 3.63) is 24.3 Å². The van der Waals surface area contributed by atoms with Gasteiger partial charge in [-0.15, -0.1) is 0 Å². The number of hydrogen-bond acceptors (Lipinski definition) is 8. The lowest BCUT2D eigenvalue weighted by Gasteiger charge is -2.40. The molecule has 0 saturated carbocycles. The van der Waals surface area contributed by atoms with Gasteiger partial charge in [-0.3, -0.25) is 4.79 Å². The Morgan fingerprint density at radius 3 is 1.59 bits per heavy atom. The van der Waals surface area contributed by atoms with Crippen LogP contribution in [0.2, 0.25) is 0 Å². The van der Waals surface area contributed by atoms with Crippen molar-refractivity contribution in [1.29, 1.82) is 0 Å². The summed E-state index contributed by atoms with van der Waals surface area (Å²) in [6.45, 7) is 3.74. The normalized spacial score (nSPS) is 22.2. The monoisotopic (exact) mass is 726 g/mol. The lowest BCUT2D eigenvalue weighted by molar-refractivity contribution is -0.302. The van der Waals surface area contributed by atoms with Crippen LogP contribution in [0.25, 0.3) is 0 Å². The van der Waals surface area contributed by atoms with E-state index in [1.54, 1.807) is 6.08 Å². The largest absolute Gasteiger partial charge is 0.394 e. The number of nitrogens with one attached hydrogen (secondary N) is 1. The molecule has 1 heterocycles. The first-order chi connectivity index (χ1) is 24.8. The van der Waals surface area contributed by atoms with Crippen molar-refractivity contribution in [2.24, 2.45) is 0 Å². The Labute approximate surface area is 311 Å². The van der Waals surface area contributed by atoms with Gasteiger partial charge in [0.1, 0.15) is 24.4 Å². The first kappa shape index (κ1) is 47.7. The molecule has 0 aromatic rings. The van der Waals surface area contributed by atoms with Crippen molar-refractivity contribution in [2.75, 3.05) is 13.2 Å². The Kier molecular flexibility index (Phi) is 31.1. The fourth-order valence-corrected chi connectivity index (χ4v) is 6.56. The first-order valence-corrected chi connectivity index (χ1v) is 21.1. The molecule has 0 aromatic carbocycles. The van der Waals surface area contributed by atoms with Crippen molar-refractivity contribution in [3.8, 4) is 0 Å². The summed E-state index contributed by atoms with van der Waals surface area (Å²) in [5.74, 6) is -0.184. The van der Waals surface area contributed by atoms with Gasteiger partial charge in [-0.25, -0.2) is 0 Å². The highest BCUT2D eigenvalue weighted by Gasteiger charge is 2.44. The number of amides is 1. The second kappa shape index (κ2) is 33.3. The van der Waals surface area contributed by atoms with E-state index in [9.17, 15) is 30.3 Å². The summed E-state index contributed by atoms with van der Waals surface area (Å²) < 4.78 is 11.2. The van der Waals surface area contributed by atoms with Crippen LogP contribution in [0.15, 0.2) is 24.3 Å². The molecule has 0 aromatic heterocycles. The van der Waals surface area contributed by atoms with E-state index in [4.69, 9.17) is 9.47 Å². The van der Waals surface area contributed by atoms with Crippen LogP contribution in [0.1, 0.15) is 181 Å². The smallest absolute Gasteiger partial charge is 0.220 e. The third-order valence-electron chi connectivity index (χ3n) is 10.0. The van der Waals surface area contributed by atoms with E-state index in [1.807, 2.05) is 6.08 Å². The van der Waals surface area contributed by atoms with E-state index in [0.717, 1.165) is 44.9 Å². The molecule has 7 unspecified atom stereocenters. The summed E-state index contributed by atoms with van der Waals surface area (Å²) in [5, 5.41) is 54.0. The minimum Gasteiger partial charge on any atom is -0.394 e. The number of ether oxygens (including phenoxy) is 2. The number of carbonyl (C=O) groups is 1. The molecule has 9 heteroatoms. The minimum atomic E-state index is -1.56. The van der Waals surface area contributed by atoms with Crippen molar-refractivity contribution < 1.29 is 39.8 Å². The highest BCUT2D eigenvalue weighted by molar-refractivity contribution is 5.76. The fourth-order valence-electron chi connectivity index (χ4n) is 6.56. The van der Waals surface area contributed by atoms with Crippen LogP contribution in [0.4, 0.5) is 0 Å². The molecule has 1 amide bonds. The maximum Gasteiger partial charge on any atom is 0.220 e. The number of rotatable bonds is 34. The standard InChI is InChI=1S/C42H79NO8/c1-3-5-7-9-11-13-15-16-17-18-19-20-22-24-26-28-30-32-38(46)43-35(34-50-42-41(49)40(48)39(47)37(33-44)51-42)36(45)31-29-27-25-23-21-14-12-10-8-6-4-2/h16-17,29,31,35-37,39-42,44-45,47-49H,3-15,18-28,30,32-34H2,1-2H3,(H,43,46)/b17-16-,31-29+. The average Bonchev–Trinajstić information content (AvgIpc) is 3.13. The van der Waals surface area contributed by atoms with Crippen LogP contribution < -0.4 is 5.32 Å². The highest BCUT2D eigenvalue weighted by atomic mass is 16.7. The maximum atomic E-state index is 12.9. The minimum absolute atomic E-state index is 0.184. The summed E-state index contributed by atoms with van der Waals surface area (Å²) >= 11 is 0. The first-order valence-electron chi connectivity index (χ1n) is 21.1. The summed E-state index contributed by atoms with van der Waals surface area (Å²) in [6, 6.07) is -0.802. The van der Waals surface area contributed by atoms with Crippen LogP contribution in [0.3, 0.4) is 0 Å². The van der Waals surface area contributed by atoms with Crippen LogP contribution in [0.5, 0.6) is 0 Å². The van der Waals surface area contributed by atoms with E-state index in [1.165, 1.54) is 116 Å². The van der Waals surface area contributed by atoms with Crippen LogP contribution >= 0.6 is 0 Å². The number of hydrogen-bond donors (Lipinski definition) is 6. The molecular weight excluding hydrogens is 646 g/mol. The van der Waals surface area contributed by atoms with Gasteiger partial charge in [-0.05, 0) is 44.9 Å². The third-order valence-corrected chi connectivity index (χ3v) is 10.0. The van der Waals surface area contributed by atoms with Gasteiger partial charge in [0.2, 0.25) is 5.91 Å². The second-order valence-corrected chi connectivity index (χ2v) is 14.8. The van der Waals surface area contributed by atoms with Gasteiger partial charge in [0.05, 0.1) is 25.4 Å². The second-order valence-electron chi connectivity index (χ2n) is 14.8. The zero-order valence-electron chi connectivity index (χ0n) is 32.6. The number of allylic oxidation sites excluding steroid dienone is 3. The molecule has 1 aliphatic rings. The van der Waals surface area contributed by atoms with E-state index in [2.05, 4.69) is 31.3 Å². The predicted molar refractivity (Wildman–Crippen MR) is 207 cm³/mol. The molecule has 1 fully saturated rings. The van der Waals surface area contributed by atoms with Crippen LogP contribution in [-0.2, 0) is 14.3 Å². The zero-order chi connectivity index (χ0) is 37.4. The maximum absolute atomic E-state index is 12.9. The van der Waals surface area contributed by atoms with Gasteiger partial charge >= 0.3 is 0 Å². The van der Waals surface area contributed by atoms with Gasteiger partial charge in [0, 0.05) is 6.42 Å². The zero-order valence-corrected chi connectivity index (χ0v) is 32.6. The van der Waals surface area contributed by atoms with Gasteiger partial charge < -0.3 is 40.3 Å². The molecule has 1 aliphatic heterocycles. The summed E-state index contributed by atoms with van der Waals surface area (Å²) in [6.07, 6.45) is 30.7. The van der Waals surface area contributed by atoms with Gasteiger partial charge in [0.25, 0.3) is 0 Å². The number of aliphatic hydroxyl groups is 5. The van der Waals surface area contributed by atoms with E-state index < -0.39 is 49.5 Å². The lowest BCUT2D eigenvalue weighted by Crippen LogP contribution is -2.60. The number of carbonyl (C=O) groups excluding carboxylic acids is 1. The fraction of sp³-hybridized carbons (Fsp3) is 0.881. The Hall–Kier alpha value is -1.33. The molecule has 7 atom stereocenters. The van der Waals surface area contributed by atoms with Gasteiger partial charge in [0.15, 0.2) is 6.29 Å². The molecule has 0 aliphatic carbocycles. The van der Waals surface area contributed by atoms with Crippen LogP contribution in [0, 0.1) is 0 Å². The Morgan fingerprint density at radius 2 is 1.10 bits per heavy atom. The third kappa shape index (κ3) is 24.6. The Balaban J connectivity index is 2.38. The summed E-state index contributed by atoms with van der Waals surface area (Å²) in [5.41, 5.74) is 0. The predicted octanol–water partition coefficient (Wildman–Crippen LogP) is 7.94. The quantitative estimate of drug-likeness (QED) is 0.0289. The van der Waals surface area contributed by atoms with Crippen molar-refractivity contribution in [2.45, 2.75) is 224 Å². The highest BCUT2D eigenvalue weighted by Crippen LogP contribution is 2.22. The van der Waals surface area contributed by atoms with E-state index >= 15 is 0 Å². The average molecular weight is 726 g/mol. The molecule has 9 nitrogen and oxygen atoms in total. The van der Waals surface area contributed by atoms with Gasteiger partial charge in [-0.1, -0.05) is 154 Å². The van der Waals surface area contributed by atoms with Crippen LogP contribution in [-0.4, -0.2) is 87.5 Å². The van der Waals surface area contributed by atoms with Gasteiger partial charge in [-0.2, -0.15) is 0 Å². The van der Waals surface area contributed by atoms with Crippen molar-refractivity contribution in [3.63, 3.8) is 0 Å². The lowest BCUT2D eigenvalue weighted by atomic mass is 9.99. The molecule has 6 N–H and O–H groups in total. The van der Waals surface area contributed by atoms with Crippen molar-refractivity contribution >= 4 is 5.91 Å². The van der Waals surface area contributed by atoms with E-state index in [-0.39, 0.29) is 12.5 Å². The molecule has 300 valence electrons. The van der Waals surface area contributed by atoms with Crippen molar-refractivity contribution in [1.82, 2.24) is 5.32 Å².